The van der Waals surface area contributed by atoms with Crippen molar-refractivity contribution >= 4 is 33.3 Å². The first kappa shape index (κ1) is 20.5. The number of carbonyl (C=O) groups is 2. The summed E-state index contributed by atoms with van der Waals surface area (Å²) in [5.41, 5.74) is -1.96. The van der Waals surface area contributed by atoms with E-state index in [2.05, 4.69) is 0 Å². The second-order valence-electron chi connectivity index (χ2n) is 5.04. The lowest BCUT2D eigenvalue weighted by atomic mass is 10.2. The van der Waals surface area contributed by atoms with Crippen LogP contribution < -0.4 is 10.9 Å². The molecule has 0 aliphatic heterocycles. The zero-order chi connectivity index (χ0) is 20.4. The number of carbonyl (C=O) groups excluding carboxylic acids is 2. The Bertz CT molecular complexity index is 992. The van der Waals surface area contributed by atoms with Crippen LogP contribution in [0.3, 0.4) is 0 Å². The maximum atomic E-state index is 12.5. The third-order valence-electron chi connectivity index (χ3n) is 3.22. The van der Waals surface area contributed by atoms with Gasteiger partial charge in [0.15, 0.2) is 0 Å². The molecule has 0 aliphatic rings. The van der Waals surface area contributed by atoms with Gasteiger partial charge in [-0.3, -0.25) is 20.4 Å². The maximum absolute atomic E-state index is 12.5. The van der Waals surface area contributed by atoms with E-state index in [4.69, 9.17) is 11.6 Å². The predicted octanol–water partition coefficient (Wildman–Crippen LogP) is 2.41. The first-order chi connectivity index (χ1) is 12.4. The van der Waals surface area contributed by atoms with Crippen LogP contribution >= 0.6 is 11.6 Å². The van der Waals surface area contributed by atoms with Crippen molar-refractivity contribution in [2.24, 2.45) is 0 Å². The van der Waals surface area contributed by atoms with Gasteiger partial charge < -0.3 is 5.11 Å². The number of rotatable bonds is 3. The van der Waals surface area contributed by atoms with Gasteiger partial charge in [0, 0.05) is 10.6 Å². The van der Waals surface area contributed by atoms with Crippen molar-refractivity contribution in [2.75, 3.05) is 0 Å². The second-order valence-corrected chi connectivity index (χ2v) is 7.42. The summed E-state index contributed by atoms with van der Waals surface area (Å²) in [5.74, 6) is -2.23. The van der Waals surface area contributed by atoms with Crippen LogP contribution in [-0.4, -0.2) is 30.8 Å². The number of benzene rings is 2. The van der Waals surface area contributed by atoms with Gasteiger partial charge in [0.1, 0.15) is 5.75 Å². The monoisotopic (exact) mass is 422 g/mol. The summed E-state index contributed by atoms with van der Waals surface area (Å²) in [5, 5.41) is 9.74. The van der Waals surface area contributed by atoms with E-state index in [1.54, 1.807) is 0 Å². The Morgan fingerprint density at radius 3 is 2.07 bits per heavy atom. The lowest BCUT2D eigenvalue weighted by Crippen LogP contribution is -2.41. The Morgan fingerprint density at radius 2 is 1.52 bits per heavy atom. The van der Waals surface area contributed by atoms with E-state index in [-0.39, 0.29) is 16.1 Å². The number of hydrazine groups is 1. The SMILES string of the molecule is O=C(NNC(=O)c1cc(Cl)ccc1O)c1ccc(S(=O)(=O)C(F)(F)F)cc1. The average Bonchev–Trinajstić information content (AvgIpc) is 2.60. The number of amides is 2. The van der Waals surface area contributed by atoms with E-state index in [1.807, 2.05) is 10.9 Å². The number of halogens is 4. The van der Waals surface area contributed by atoms with Crippen molar-refractivity contribution in [1.29, 1.82) is 0 Å². The van der Waals surface area contributed by atoms with E-state index in [9.17, 15) is 36.3 Å². The first-order valence-electron chi connectivity index (χ1n) is 6.94. The average molecular weight is 423 g/mol. The van der Waals surface area contributed by atoms with E-state index in [0.717, 1.165) is 18.2 Å². The molecular weight excluding hydrogens is 413 g/mol. The minimum absolute atomic E-state index is 0.158. The fourth-order valence-electron chi connectivity index (χ4n) is 1.86. The molecule has 0 radical (unpaired) electrons. The quantitative estimate of drug-likeness (QED) is 0.657. The van der Waals surface area contributed by atoms with E-state index >= 15 is 0 Å². The summed E-state index contributed by atoms with van der Waals surface area (Å²) >= 11 is 5.70. The van der Waals surface area contributed by atoms with Crippen LogP contribution in [0.25, 0.3) is 0 Å². The molecule has 0 bridgehead atoms. The molecule has 0 atom stereocenters. The number of hydrogen-bond donors (Lipinski definition) is 3. The summed E-state index contributed by atoms with van der Waals surface area (Å²) in [7, 11) is -5.53. The second kappa shape index (κ2) is 7.45. The van der Waals surface area contributed by atoms with Crippen molar-refractivity contribution < 1.29 is 36.3 Å². The minimum Gasteiger partial charge on any atom is -0.507 e. The van der Waals surface area contributed by atoms with Crippen molar-refractivity contribution in [3.63, 3.8) is 0 Å². The van der Waals surface area contributed by atoms with Crippen molar-refractivity contribution in [3.8, 4) is 5.75 Å². The molecule has 0 fully saturated rings. The van der Waals surface area contributed by atoms with Crippen LogP contribution in [0.5, 0.6) is 5.75 Å². The van der Waals surface area contributed by atoms with E-state index in [1.165, 1.54) is 12.1 Å². The fraction of sp³-hybridized carbons (Fsp3) is 0.0667. The molecule has 0 aliphatic carbocycles. The molecule has 0 spiro atoms. The third kappa shape index (κ3) is 4.49. The lowest BCUT2D eigenvalue weighted by Gasteiger charge is -2.10. The van der Waals surface area contributed by atoms with Gasteiger partial charge in [-0.25, -0.2) is 8.42 Å². The molecule has 144 valence electrons. The Morgan fingerprint density at radius 1 is 0.963 bits per heavy atom. The number of nitrogens with one attached hydrogen (secondary N) is 2. The van der Waals surface area contributed by atoms with E-state index < -0.39 is 37.8 Å². The number of sulfone groups is 1. The zero-order valence-electron chi connectivity index (χ0n) is 13.0. The van der Waals surface area contributed by atoms with Gasteiger partial charge >= 0.3 is 5.51 Å². The van der Waals surface area contributed by atoms with Gasteiger partial charge in [-0.05, 0) is 42.5 Å². The molecular formula is C15H10ClF3N2O5S. The Balaban J connectivity index is 2.09. The molecule has 7 nitrogen and oxygen atoms in total. The van der Waals surface area contributed by atoms with Gasteiger partial charge in [-0.1, -0.05) is 11.6 Å². The smallest absolute Gasteiger partial charge is 0.501 e. The van der Waals surface area contributed by atoms with Gasteiger partial charge in [0.05, 0.1) is 10.5 Å². The summed E-state index contributed by atoms with van der Waals surface area (Å²) in [6, 6.07) is 6.56. The molecule has 12 heteroatoms. The summed E-state index contributed by atoms with van der Waals surface area (Å²) < 4.78 is 59.9. The molecule has 3 N–H and O–H groups in total. The number of hydrogen-bond acceptors (Lipinski definition) is 5. The normalized spacial score (nSPS) is 11.7. The van der Waals surface area contributed by atoms with Gasteiger partial charge in [-0.2, -0.15) is 13.2 Å². The minimum atomic E-state index is -5.53. The number of phenolic OH excluding ortho intramolecular Hbond substituents is 1. The predicted molar refractivity (Wildman–Crippen MR) is 87.7 cm³/mol. The summed E-state index contributed by atoms with van der Waals surface area (Å²) in [6.45, 7) is 0. The standard InChI is InChI=1S/C15H10ClF3N2O5S/c16-9-3-6-12(22)11(7-9)14(24)21-20-13(23)8-1-4-10(5-2-8)27(25,26)15(17,18)19/h1-7,22H,(H,20,23)(H,21,24). The van der Waals surface area contributed by atoms with Crippen molar-refractivity contribution in [2.45, 2.75) is 10.4 Å². The topological polar surface area (TPSA) is 113 Å². The van der Waals surface area contributed by atoms with Gasteiger partial charge in [0.25, 0.3) is 21.7 Å². The number of phenols is 1. The Hall–Kier alpha value is -2.79. The molecule has 0 unspecified atom stereocenters. The maximum Gasteiger partial charge on any atom is 0.501 e. The molecule has 0 heterocycles. The number of aromatic hydroxyl groups is 1. The number of alkyl halides is 3. The first-order valence-corrected chi connectivity index (χ1v) is 8.80. The van der Waals surface area contributed by atoms with Crippen LogP contribution in [-0.2, 0) is 9.84 Å². The highest BCUT2D eigenvalue weighted by Gasteiger charge is 2.46. The summed E-state index contributed by atoms with van der Waals surface area (Å²) in [6.07, 6.45) is 0. The van der Waals surface area contributed by atoms with Gasteiger partial charge in [0.2, 0.25) is 0 Å². The Kier molecular flexibility index (Phi) is 5.66. The molecule has 2 aromatic carbocycles. The van der Waals surface area contributed by atoms with Gasteiger partial charge in [-0.15, -0.1) is 0 Å². The van der Waals surface area contributed by atoms with Crippen molar-refractivity contribution in [1.82, 2.24) is 10.9 Å². The third-order valence-corrected chi connectivity index (χ3v) is 4.96. The Labute approximate surface area is 155 Å². The molecule has 2 rings (SSSR count). The highest BCUT2D eigenvalue weighted by molar-refractivity contribution is 7.92. The van der Waals surface area contributed by atoms with E-state index in [0.29, 0.717) is 12.1 Å². The van der Waals surface area contributed by atoms with Crippen LogP contribution in [0.1, 0.15) is 20.7 Å². The molecule has 2 aromatic rings. The van der Waals surface area contributed by atoms with Crippen molar-refractivity contribution in [3.05, 3.63) is 58.6 Å². The lowest BCUT2D eigenvalue weighted by molar-refractivity contribution is -0.0436. The molecule has 2 amide bonds. The highest BCUT2D eigenvalue weighted by atomic mass is 35.5. The summed E-state index contributed by atoms with van der Waals surface area (Å²) in [4.78, 5) is 22.8. The largest absolute Gasteiger partial charge is 0.507 e. The van der Waals surface area contributed by atoms with Crippen LogP contribution in [0.15, 0.2) is 47.4 Å². The molecule has 0 aromatic heterocycles. The van der Waals surface area contributed by atoms with Crippen LogP contribution in [0.2, 0.25) is 5.02 Å². The highest BCUT2D eigenvalue weighted by Crippen LogP contribution is 2.30. The van der Waals surface area contributed by atoms with Crippen LogP contribution in [0, 0.1) is 0 Å². The van der Waals surface area contributed by atoms with Crippen LogP contribution in [0.4, 0.5) is 13.2 Å². The zero-order valence-corrected chi connectivity index (χ0v) is 14.6. The molecule has 27 heavy (non-hydrogen) atoms. The fourth-order valence-corrected chi connectivity index (χ4v) is 2.80. The molecule has 0 saturated heterocycles. The molecule has 0 saturated carbocycles.